The number of carbonyl (C=O) groups is 2. The number of ether oxygens (including phenoxy) is 2. The van der Waals surface area contributed by atoms with Gasteiger partial charge >= 0.3 is 11.9 Å². The van der Waals surface area contributed by atoms with Gasteiger partial charge in [0.15, 0.2) is 0 Å². The van der Waals surface area contributed by atoms with Gasteiger partial charge in [0.25, 0.3) is 0 Å². The second-order valence-corrected chi connectivity index (χ2v) is 11.2. The van der Waals surface area contributed by atoms with E-state index in [1.54, 1.807) is 6.92 Å². The van der Waals surface area contributed by atoms with Gasteiger partial charge in [0.1, 0.15) is 0 Å². The highest BCUT2D eigenvalue weighted by Crippen LogP contribution is 2.28. The summed E-state index contributed by atoms with van der Waals surface area (Å²) in [6.07, 6.45) is 8.12. The van der Waals surface area contributed by atoms with Crippen LogP contribution in [0.15, 0.2) is 97.1 Å². The fourth-order valence-corrected chi connectivity index (χ4v) is 4.91. The molecule has 0 radical (unpaired) electrons. The van der Waals surface area contributed by atoms with Crippen LogP contribution in [0, 0.1) is 0 Å². The summed E-state index contributed by atoms with van der Waals surface area (Å²) in [5.74, 6) is -1.02. The fraction of sp³-hybridized carbons (Fsp3) is 0.368. The number of benzene rings is 3. The van der Waals surface area contributed by atoms with Crippen molar-refractivity contribution in [1.82, 2.24) is 0 Å². The van der Waals surface area contributed by atoms with E-state index < -0.39 is 18.5 Å². The molecular formula is C38H46O5. The molecule has 3 aromatic rings. The molecule has 5 nitrogen and oxygen atoms in total. The highest BCUT2D eigenvalue weighted by atomic mass is 16.5. The number of carbonyl (C=O) groups excluding carboxylic acids is 2. The predicted molar refractivity (Wildman–Crippen MR) is 174 cm³/mol. The van der Waals surface area contributed by atoms with E-state index in [0.717, 1.165) is 29.5 Å². The molecule has 0 aliphatic heterocycles. The zero-order chi connectivity index (χ0) is 31.0. The summed E-state index contributed by atoms with van der Waals surface area (Å²) in [4.78, 5) is 23.7. The molecule has 0 aliphatic rings. The lowest BCUT2D eigenvalue weighted by Gasteiger charge is -2.18. The first-order valence-electron chi connectivity index (χ1n) is 15.4. The Hall–Kier alpha value is -3.96. The molecule has 0 saturated carbocycles. The number of rotatable bonds is 18. The van der Waals surface area contributed by atoms with Crippen LogP contribution < -0.4 is 0 Å². The summed E-state index contributed by atoms with van der Waals surface area (Å²) in [6.45, 7) is 11.0. The van der Waals surface area contributed by atoms with Crippen LogP contribution in [-0.4, -0.2) is 36.9 Å². The zero-order valence-electron chi connectivity index (χ0n) is 25.8. The van der Waals surface area contributed by atoms with E-state index in [-0.39, 0.29) is 24.7 Å². The van der Waals surface area contributed by atoms with Gasteiger partial charge in [0.05, 0.1) is 25.4 Å². The third-order valence-electron chi connectivity index (χ3n) is 7.69. The van der Waals surface area contributed by atoms with Crippen molar-refractivity contribution in [3.63, 3.8) is 0 Å². The van der Waals surface area contributed by atoms with Gasteiger partial charge in [-0.25, -0.2) is 9.59 Å². The summed E-state index contributed by atoms with van der Waals surface area (Å²) in [7, 11) is 0. The van der Waals surface area contributed by atoms with E-state index >= 15 is 0 Å². The first-order chi connectivity index (χ1) is 20.8. The van der Waals surface area contributed by atoms with Crippen molar-refractivity contribution in [1.29, 1.82) is 0 Å². The van der Waals surface area contributed by atoms with Crippen molar-refractivity contribution >= 4 is 11.9 Å². The van der Waals surface area contributed by atoms with Crippen molar-refractivity contribution in [3.05, 3.63) is 119 Å². The summed E-state index contributed by atoms with van der Waals surface area (Å²) in [5, 5.41) is 9.09. The average molecular weight is 583 g/mol. The summed E-state index contributed by atoms with van der Waals surface area (Å²) in [6, 6.07) is 26.2. The topological polar surface area (TPSA) is 72.8 Å². The van der Waals surface area contributed by atoms with Crippen LogP contribution in [0.1, 0.15) is 74.1 Å². The maximum atomic E-state index is 11.9. The Bertz CT molecular complexity index is 1320. The third kappa shape index (κ3) is 11.3. The molecule has 0 heterocycles. The fourth-order valence-electron chi connectivity index (χ4n) is 4.91. The molecule has 1 N–H and O–H groups in total. The highest BCUT2D eigenvalue weighted by Gasteiger charge is 2.16. The lowest BCUT2D eigenvalue weighted by atomic mass is 9.91. The Morgan fingerprint density at radius 2 is 1.16 bits per heavy atom. The molecule has 0 saturated heterocycles. The van der Waals surface area contributed by atoms with Crippen LogP contribution in [0.3, 0.4) is 0 Å². The van der Waals surface area contributed by atoms with Gasteiger partial charge in [-0.2, -0.15) is 0 Å². The van der Waals surface area contributed by atoms with E-state index in [1.165, 1.54) is 42.4 Å². The van der Waals surface area contributed by atoms with Crippen LogP contribution in [-0.2, 0) is 38.3 Å². The molecular weight excluding hydrogens is 536 g/mol. The zero-order valence-corrected chi connectivity index (χ0v) is 25.8. The maximum Gasteiger partial charge on any atom is 0.335 e. The molecule has 0 fully saturated rings. The average Bonchev–Trinajstić information content (AvgIpc) is 3.03. The smallest absolute Gasteiger partial charge is 0.335 e. The van der Waals surface area contributed by atoms with Crippen molar-refractivity contribution in [2.45, 2.75) is 71.1 Å². The molecule has 5 heteroatoms. The largest absolute Gasteiger partial charge is 0.462 e. The Balaban J connectivity index is 1.58. The predicted octanol–water partition coefficient (Wildman–Crippen LogP) is 7.95. The number of esters is 2. The van der Waals surface area contributed by atoms with E-state index in [4.69, 9.17) is 14.6 Å². The first kappa shape index (κ1) is 33.5. The molecule has 43 heavy (non-hydrogen) atoms. The number of hydrogen-bond acceptors (Lipinski definition) is 5. The number of aliphatic hydroxyl groups is 1. The minimum absolute atomic E-state index is 0.00921. The molecule has 228 valence electrons. The molecule has 3 aromatic carbocycles. The second-order valence-electron chi connectivity index (χ2n) is 11.2. The summed E-state index contributed by atoms with van der Waals surface area (Å²) < 4.78 is 10.6. The summed E-state index contributed by atoms with van der Waals surface area (Å²) in [5.41, 5.74) is 7.83. The minimum Gasteiger partial charge on any atom is -0.462 e. The van der Waals surface area contributed by atoms with Crippen molar-refractivity contribution in [2.75, 3.05) is 19.8 Å². The van der Waals surface area contributed by atoms with Gasteiger partial charge in [0, 0.05) is 5.57 Å². The normalized spacial score (nSPS) is 11.5. The van der Waals surface area contributed by atoms with Crippen LogP contribution in [0.5, 0.6) is 0 Å². The van der Waals surface area contributed by atoms with Gasteiger partial charge in [-0.3, -0.25) is 0 Å². The molecule has 1 atom stereocenters. The Morgan fingerprint density at radius 1 is 0.698 bits per heavy atom. The van der Waals surface area contributed by atoms with Gasteiger partial charge in [-0.1, -0.05) is 106 Å². The standard InChI is InChI=1S/C38H46O5/c1-5-6-7-8-30-9-11-31(12-10-30)13-14-32-15-17-33(18-16-32)34-19-21-35(22-20-34)36(23-25-42-37(40)28(2)3)24-26-43-38(41)29(4)27-39/h9-12,15-22,36,39H,2,4-8,13-14,23-27H2,1,3H3. The van der Waals surface area contributed by atoms with Gasteiger partial charge in [-0.15, -0.1) is 0 Å². The lowest BCUT2D eigenvalue weighted by molar-refractivity contribution is -0.139. The number of hydrogen-bond donors (Lipinski definition) is 1. The Morgan fingerprint density at radius 3 is 1.65 bits per heavy atom. The SMILES string of the molecule is C=C(C)C(=O)OCCC(CCOC(=O)C(=C)CO)c1ccc(-c2ccc(CCc3ccc(CCCCC)cc3)cc2)cc1. The van der Waals surface area contributed by atoms with E-state index in [9.17, 15) is 9.59 Å². The molecule has 0 aliphatic carbocycles. The molecule has 3 rings (SSSR count). The highest BCUT2D eigenvalue weighted by molar-refractivity contribution is 5.88. The van der Waals surface area contributed by atoms with Crippen LogP contribution in [0.2, 0.25) is 0 Å². The molecule has 0 amide bonds. The molecule has 0 spiro atoms. The van der Waals surface area contributed by atoms with E-state index in [2.05, 4.69) is 92.9 Å². The Kier molecular flexibility index (Phi) is 13.9. The van der Waals surface area contributed by atoms with Gasteiger partial charge < -0.3 is 14.6 Å². The van der Waals surface area contributed by atoms with E-state index in [0.29, 0.717) is 18.4 Å². The maximum absolute atomic E-state index is 11.9. The van der Waals surface area contributed by atoms with Gasteiger partial charge in [-0.05, 0) is 84.7 Å². The molecule has 0 bridgehead atoms. The van der Waals surface area contributed by atoms with Crippen molar-refractivity contribution < 1.29 is 24.2 Å². The molecule has 0 aromatic heterocycles. The van der Waals surface area contributed by atoms with Crippen LogP contribution >= 0.6 is 0 Å². The first-order valence-corrected chi connectivity index (χ1v) is 15.4. The van der Waals surface area contributed by atoms with Crippen molar-refractivity contribution in [2.24, 2.45) is 0 Å². The number of aliphatic hydroxyl groups excluding tert-OH is 1. The Labute approximate surface area is 257 Å². The third-order valence-corrected chi connectivity index (χ3v) is 7.69. The quantitative estimate of drug-likeness (QED) is 0.0936. The second kappa shape index (κ2) is 17.9. The molecule has 1 unspecified atom stereocenters. The number of unbranched alkanes of at least 4 members (excludes halogenated alkanes) is 2. The van der Waals surface area contributed by atoms with Crippen molar-refractivity contribution in [3.8, 4) is 11.1 Å². The monoisotopic (exact) mass is 582 g/mol. The lowest BCUT2D eigenvalue weighted by Crippen LogP contribution is -2.14. The van der Waals surface area contributed by atoms with Crippen LogP contribution in [0.4, 0.5) is 0 Å². The van der Waals surface area contributed by atoms with E-state index in [1.807, 2.05) is 0 Å². The van der Waals surface area contributed by atoms with Crippen LogP contribution in [0.25, 0.3) is 11.1 Å². The van der Waals surface area contributed by atoms with Gasteiger partial charge in [0.2, 0.25) is 0 Å². The minimum atomic E-state index is -0.607. The summed E-state index contributed by atoms with van der Waals surface area (Å²) >= 11 is 0. The number of aryl methyl sites for hydroxylation is 3.